The highest BCUT2D eigenvalue weighted by Gasteiger charge is 2.73. The molecule has 0 amide bonds. The van der Waals surface area contributed by atoms with Gasteiger partial charge in [-0.05, 0) is 97.9 Å². The summed E-state index contributed by atoms with van der Waals surface area (Å²) in [6.07, 6.45) is 9.07. The van der Waals surface area contributed by atoms with E-state index in [4.69, 9.17) is 14.5 Å². The van der Waals surface area contributed by atoms with E-state index in [1.54, 1.807) is 0 Å². The molecule has 5 nitrogen and oxygen atoms in total. The highest BCUT2D eigenvalue weighted by atomic mass is 16.5. The molecule has 1 saturated carbocycles. The average molecular weight is 585 g/mol. The van der Waals surface area contributed by atoms with E-state index in [-0.39, 0.29) is 23.3 Å². The van der Waals surface area contributed by atoms with Gasteiger partial charge in [-0.25, -0.2) is 0 Å². The van der Waals surface area contributed by atoms with Gasteiger partial charge in [0.15, 0.2) is 17.6 Å². The van der Waals surface area contributed by atoms with E-state index in [9.17, 15) is 5.11 Å². The SMILES string of the molecule is Cc1ccccc1-c1cnc2c(c1)C[C@@]1(OCCCc3ccccc3)[C@H]3Cc4ccc(O)c5c4[C@@]1(CCN3CC1CC1)[C@H]2O5. The molecule has 3 heterocycles. The van der Waals surface area contributed by atoms with Gasteiger partial charge in [-0.15, -0.1) is 0 Å². The smallest absolute Gasteiger partial charge is 0.166 e. The van der Waals surface area contributed by atoms with Gasteiger partial charge in [0.25, 0.3) is 0 Å². The summed E-state index contributed by atoms with van der Waals surface area (Å²) in [5, 5.41) is 11.2. The van der Waals surface area contributed by atoms with Crippen LogP contribution in [0.2, 0.25) is 0 Å². The number of phenolic OH excluding ortho intramolecular Hbond substituents is 1. The van der Waals surface area contributed by atoms with Crippen molar-refractivity contribution in [3.8, 4) is 22.6 Å². The van der Waals surface area contributed by atoms with Crippen molar-refractivity contribution in [2.24, 2.45) is 5.92 Å². The number of aromatic hydroxyl groups is 1. The Morgan fingerprint density at radius 1 is 1.02 bits per heavy atom. The molecule has 1 spiro atoms. The number of phenols is 1. The van der Waals surface area contributed by atoms with Crippen molar-refractivity contribution in [2.45, 2.75) is 75.0 Å². The Kier molecular flexibility index (Phi) is 6.02. The van der Waals surface area contributed by atoms with Crippen molar-refractivity contribution in [3.05, 3.63) is 113 Å². The number of likely N-dealkylation sites (tertiary alicyclic amines) is 1. The first-order chi connectivity index (χ1) is 21.6. The number of hydrogen-bond acceptors (Lipinski definition) is 5. The molecule has 44 heavy (non-hydrogen) atoms. The number of piperidine rings is 1. The van der Waals surface area contributed by atoms with Crippen molar-refractivity contribution in [3.63, 3.8) is 0 Å². The predicted molar refractivity (Wildman–Crippen MR) is 171 cm³/mol. The number of nitrogens with zero attached hydrogens (tertiary/aromatic N) is 2. The Hall–Kier alpha value is -3.67. The van der Waals surface area contributed by atoms with Crippen LogP contribution >= 0.6 is 0 Å². The molecule has 2 aliphatic heterocycles. The molecule has 4 aromatic rings. The van der Waals surface area contributed by atoms with Crippen LogP contribution in [0.5, 0.6) is 11.5 Å². The van der Waals surface area contributed by atoms with Gasteiger partial charge in [0, 0.05) is 42.9 Å². The van der Waals surface area contributed by atoms with E-state index in [1.165, 1.54) is 46.2 Å². The number of pyridine rings is 1. The molecule has 0 unspecified atom stereocenters. The molecular weight excluding hydrogens is 544 g/mol. The van der Waals surface area contributed by atoms with Crippen LogP contribution in [0, 0.1) is 12.8 Å². The van der Waals surface area contributed by atoms with Gasteiger partial charge in [0.2, 0.25) is 0 Å². The lowest BCUT2D eigenvalue weighted by atomic mass is 9.48. The standard InChI is InChI=1S/C39H40N2O3/c1-25-8-5-6-12-31(25)30-20-29-22-39(43-19-7-11-26-9-3-2-4-10-26)33-21-28-15-16-32(42)36-34(28)38(39,37(44-36)35(29)40-23-30)17-18-41(33)24-27-13-14-27/h2-6,8-10,12,15-16,20,23,27,33,37,42H,7,11,13-14,17-19,21-22,24H2,1H3/t33-,37+,38+,39-/m1/s1. The van der Waals surface area contributed by atoms with Crippen molar-refractivity contribution in [1.29, 1.82) is 0 Å². The third kappa shape index (κ3) is 3.81. The maximum absolute atomic E-state index is 11.2. The molecule has 5 aliphatic rings. The lowest BCUT2D eigenvalue weighted by Crippen LogP contribution is -2.75. The minimum absolute atomic E-state index is 0.238. The summed E-state index contributed by atoms with van der Waals surface area (Å²) < 4.78 is 14.4. The van der Waals surface area contributed by atoms with Crippen LogP contribution in [-0.2, 0) is 29.4 Å². The fourth-order valence-electron chi connectivity index (χ4n) is 9.30. The van der Waals surface area contributed by atoms with Crippen molar-refractivity contribution in [2.75, 3.05) is 19.7 Å². The molecule has 224 valence electrons. The molecule has 2 bridgehead atoms. The van der Waals surface area contributed by atoms with Crippen LogP contribution in [0.3, 0.4) is 0 Å². The molecule has 3 aromatic carbocycles. The van der Waals surface area contributed by atoms with Crippen LogP contribution in [0.15, 0.2) is 79.0 Å². The minimum atomic E-state index is -0.466. The van der Waals surface area contributed by atoms with Crippen molar-refractivity contribution in [1.82, 2.24) is 9.88 Å². The predicted octanol–water partition coefficient (Wildman–Crippen LogP) is 7.12. The molecule has 4 atom stereocenters. The van der Waals surface area contributed by atoms with E-state index >= 15 is 0 Å². The van der Waals surface area contributed by atoms with Crippen LogP contribution in [-0.4, -0.2) is 46.3 Å². The second-order valence-corrected chi connectivity index (χ2v) is 13.9. The van der Waals surface area contributed by atoms with Crippen LogP contribution < -0.4 is 4.74 Å². The fraction of sp³-hybridized carbons (Fsp3) is 0.410. The van der Waals surface area contributed by atoms with E-state index in [1.807, 2.05) is 12.3 Å². The number of hydrogen-bond donors (Lipinski definition) is 1. The molecular formula is C39H40N2O3. The summed E-state index contributed by atoms with van der Waals surface area (Å²) in [7, 11) is 0. The molecule has 5 heteroatoms. The van der Waals surface area contributed by atoms with Gasteiger partial charge >= 0.3 is 0 Å². The summed E-state index contributed by atoms with van der Waals surface area (Å²) in [6.45, 7) is 5.04. The summed E-state index contributed by atoms with van der Waals surface area (Å²) in [4.78, 5) is 7.96. The third-order valence-corrected chi connectivity index (χ3v) is 11.5. The van der Waals surface area contributed by atoms with E-state index in [2.05, 4.69) is 78.6 Å². The molecule has 3 aliphatic carbocycles. The zero-order chi connectivity index (χ0) is 29.5. The second-order valence-electron chi connectivity index (χ2n) is 13.9. The first-order valence-corrected chi connectivity index (χ1v) is 16.6. The van der Waals surface area contributed by atoms with Gasteiger partial charge in [0.05, 0.1) is 11.1 Å². The zero-order valence-corrected chi connectivity index (χ0v) is 25.5. The second kappa shape index (κ2) is 9.92. The van der Waals surface area contributed by atoms with Crippen molar-refractivity contribution < 1.29 is 14.6 Å². The van der Waals surface area contributed by atoms with E-state index < -0.39 is 5.60 Å². The Morgan fingerprint density at radius 2 is 1.86 bits per heavy atom. The van der Waals surface area contributed by atoms with E-state index in [0.717, 1.165) is 62.4 Å². The van der Waals surface area contributed by atoms with Gasteiger partial charge in [-0.3, -0.25) is 9.88 Å². The number of rotatable bonds is 8. The first-order valence-electron chi connectivity index (χ1n) is 16.6. The molecule has 2 fully saturated rings. The van der Waals surface area contributed by atoms with Gasteiger partial charge < -0.3 is 14.6 Å². The monoisotopic (exact) mass is 584 g/mol. The van der Waals surface area contributed by atoms with Gasteiger partial charge in [-0.2, -0.15) is 0 Å². The third-order valence-electron chi connectivity index (χ3n) is 11.5. The van der Waals surface area contributed by atoms with Crippen LogP contribution in [0.25, 0.3) is 11.1 Å². The minimum Gasteiger partial charge on any atom is -0.504 e. The Balaban J connectivity index is 1.19. The first kappa shape index (κ1) is 26.7. The van der Waals surface area contributed by atoms with Crippen molar-refractivity contribution >= 4 is 0 Å². The summed E-state index contributed by atoms with van der Waals surface area (Å²) in [5.74, 6) is 1.70. The summed E-state index contributed by atoms with van der Waals surface area (Å²) in [5.41, 5.74) is 8.87. The topological polar surface area (TPSA) is 54.8 Å². The number of ether oxygens (including phenoxy) is 2. The average Bonchev–Trinajstić information content (AvgIpc) is 3.79. The molecule has 1 saturated heterocycles. The largest absolute Gasteiger partial charge is 0.504 e. The molecule has 1 N–H and O–H groups in total. The maximum atomic E-state index is 11.2. The van der Waals surface area contributed by atoms with Gasteiger partial charge in [0.1, 0.15) is 5.60 Å². The number of benzene rings is 3. The zero-order valence-electron chi connectivity index (χ0n) is 25.5. The van der Waals surface area contributed by atoms with Crippen LogP contribution in [0.1, 0.15) is 65.3 Å². The number of fused-ring (bicyclic) bond motifs is 2. The maximum Gasteiger partial charge on any atom is 0.166 e. The Bertz CT molecular complexity index is 1750. The summed E-state index contributed by atoms with van der Waals surface area (Å²) in [6, 6.07) is 25.9. The number of aromatic nitrogens is 1. The fourth-order valence-corrected chi connectivity index (χ4v) is 9.30. The summed E-state index contributed by atoms with van der Waals surface area (Å²) >= 11 is 0. The number of aryl methyl sites for hydroxylation is 2. The molecule has 1 aromatic heterocycles. The molecule has 0 radical (unpaired) electrons. The quantitative estimate of drug-likeness (QED) is 0.224. The lowest BCUT2D eigenvalue weighted by Gasteiger charge is -2.64. The van der Waals surface area contributed by atoms with Gasteiger partial charge in [-0.1, -0.05) is 60.7 Å². The highest BCUT2D eigenvalue weighted by molar-refractivity contribution is 5.69. The van der Waals surface area contributed by atoms with E-state index in [0.29, 0.717) is 12.4 Å². The van der Waals surface area contributed by atoms with Crippen LogP contribution in [0.4, 0.5) is 0 Å². The highest BCUT2D eigenvalue weighted by Crippen LogP contribution is 2.69. The Morgan fingerprint density at radius 3 is 2.70 bits per heavy atom. The Labute approximate surface area is 259 Å². The molecule has 9 rings (SSSR count). The lowest BCUT2D eigenvalue weighted by molar-refractivity contribution is -0.205. The normalized spacial score (nSPS) is 27.8.